The van der Waals surface area contributed by atoms with Crippen LogP contribution in [0.2, 0.25) is 0 Å². The topological polar surface area (TPSA) is 185 Å². The van der Waals surface area contributed by atoms with Crippen molar-refractivity contribution < 1.29 is 29.1 Å². The Labute approximate surface area is 198 Å². The van der Waals surface area contributed by atoms with Crippen LogP contribution in [0.1, 0.15) is 52.4 Å². The Morgan fingerprint density at radius 1 is 1.15 bits per heavy atom. The van der Waals surface area contributed by atoms with Crippen LogP contribution in [0.25, 0.3) is 0 Å². The van der Waals surface area contributed by atoms with E-state index >= 15 is 0 Å². The molecule has 7 N–H and O–H groups in total. The maximum atomic E-state index is 13.3. The smallest absolute Gasteiger partial charge is 0.326 e. The minimum Gasteiger partial charge on any atom is -0.480 e. The van der Waals surface area contributed by atoms with Gasteiger partial charge in [-0.25, -0.2) is 4.79 Å². The quantitative estimate of drug-likeness (QED) is 0.215. The van der Waals surface area contributed by atoms with Gasteiger partial charge in [0.1, 0.15) is 18.1 Å². The molecule has 12 heteroatoms. The molecular weight excluding hydrogens is 450 g/mol. The van der Waals surface area contributed by atoms with Gasteiger partial charge >= 0.3 is 5.97 Å². The molecule has 4 amide bonds. The molecule has 0 aromatic rings. The van der Waals surface area contributed by atoms with Gasteiger partial charge in [-0.05, 0) is 43.6 Å². The van der Waals surface area contributed by atoms with Crippen molar-refractivity contribution in [2.45, 2.75) is 76.5 Å². The lowest BCUT2D eigenvalue weighted by molar-refractivity contribution is -0.145. The summed E-state index contributed by atoms with van der Waals surface area (Å²) in [4.78, 5) is 62.8. The van der Waals surface area contributed by atoms with Gasteiger partial charge in [-0.15, -0.1) is 0 Å². The third-order valence-electron chi connectivity index (χ3n) is 5.92. The van der Waals surface area contributed by atoms with Crippen LogP contribution < -0.4 is 22.1 Å². The molecule has 1 aliphatic heterocycles. The number of carbonyl (C=O) groups excluding carboxylic acids is 4. The monoisotopic (exact) mass is 487 g/mol. The van der Waals surface area contributed by atoms with E-state index in [2.05, 4.69) is 10.6 Å². The number of hydrogen-bond acceptors (Lipinski definition) is 7. The first-order chi connectivity index (χ1) is 15.5. The van der Waals surface area contributed by atoms with Gasteiger partial charge in [0.25, 0.3) is 0 Å². The van der Waals surface area contributed by atoms with E-state index in [0.29, 0.717) is 25.0 Å². The number of nitrogens with two attached hydrogens (primary N) is 2. The van der Waals surface area contributed by atoms with Gasteiger partial charge in [-0.2, -0.15) is 11.8 Å². The van der Waals surface area contributed by atoms with E-state index in [-0.39, 0.29) is 31.7 Å². The molecule has 1 heterocycles. The fraction of sp³-hybridized carbons (Fsp3) is 0.762. The predicted molar refractivity (Wildman–Crippen MR) is 125 cm³/mol. The second-order valence-electron chi connectivity index (χ2n) is 8.35. The molecule has 5 atom stereocenters. The highest BCUT2D eigenvalue weighted by Crippen LogP contribution is 2.20. The SMILES string of the molecule is CCC(C)C(N)C(=O)NC(CCC(N)=O)C(=O)N1CCCC1C(=O)NC(CCSC)C(=O)O. The Hall–Kier alpha value is -2.34. The standard InChI is InChI=1S/C21H37N5O6S/c1-4-12(2)17(23)19(29)24-13(7-8-16(22)27)20(30)26-10-5-6-15(26)18(28)25-14(21(31)32)9-11-33-3/h12-15,17H,4-11,23H2,1-3H3,(H2,22,27)(H,24,29)(H,25,28)(H,31,32). The van der Waals surface area contributed by atoms with Crippen molar-refractivity contribution >= 4 is 41.4 Å². The molecule has 0 bridgehead atoms. The molecule has 1 rings (SSSR count). The first kappa shape index (κ1) is 28.7. The maximum Gasteiger partial charge on any atom is 0.326 e. The molecule has 1 aliphatic rings. The molecule has 1 fully saturated rings. The highest BCUT2D eigenvalue weighted by atomic mass is 32.2. The van der Waals surface area contributed by atoms with Gasteiger partial charge in [0.15, 0.2) is 0 Å². The predicted octanol–water partition coefficient (Wildman–Crippen LogP) is -0.576. The molecule has 1 saturated heterocycles. The highest BCUT2D eigenvalue weighted by Gasteiger charge is 2.39. The summed E-state index contributed by atoms with van der Waals surface area (Å²) in [5, 5.41) is 14.5. The number of carboxylic acid groups (broad SMARTS) is 1. The molecule has 188 valence electrons. The zero-order valence-electron chi connectivity index (χ0n) is 19.5. The van der Waals surface area contributed by atoms with E-state index in [1.54, 1.807) is 0 Å². The summed E-state index contributed by atoms with van der Waals surface area (Å²) >= 11 is 1.47. The number of primary amides is 1. The number of hydrogen-bond donors (Lipinski definition) is 5. The van der Waals surface area contributed by atoms with E-state index in [9.17, 15) is 29.1 Å². The van der Waals surface area contributed by atoms with Crippen molar-refractivity contribution in [2.75, 3.05) is 18.6 Å². The molecule has 0 radical (unpaired) electrons. The molecule has 0 aromatic carbocycles. The lowest BCUT2D eigenvalue weighted by Crippen LogP contribution is -2.57. The van der Waals surface area contributed by atoms with Crippen molar-refractivity contribution in [2.24, 2.45) is 17.4 Å². The van der Waals surface area contributed by atoms with E-state index < -0.39 is 53.8 Å². The number of nitrogens with one attached hydrogen (secondary N) is 2. The lowest BCUT2D eigenvalue weighted by atomic mass is 9.98. The van der Waals surface area contributed by atoms with Gasteiger partial charge in [-0.1, -0.05) is 20.3 Å². The van der Waals surface area contributed by atoms with Crippen molar-refractivity contribution in [3.63, 3.8) is 0 Å². The lowest BCUT2D eigenvalue weighted by Gasteiger charge is -2.30. The largest absolute Gasteiger partial charge is 0.480 e. The van der Waals surface area contributed by atoms with Crippen molar-refractivity contribution in [1.29, 1.82) is 0 Å². The Balaban J connectivity index is 2.97. The van der Waals surface area contributed by atoms with Gasteiger partial charge in [0, 0.05) is 13.0 Å². The summed E-state index contributed by atoms with van der Waals surface area (Å²) in [6.07, 6.45) is 3.54. The number of carbonyl (C=O) groups is 5. The maximum absolute atomic E-state index is 13.3. The van der Waals surface area contributed by atoms with Crippen LogP contribution in [-0.4, -0.2) is 82.3 Å². The molecule has 5 unspecified atom stereocenters. The second-order valence-corrected chi connectivity index (χ2v) is 9.33. The van der Waals surface area contributed by atoms with Crippen LogP contribution in [0.3, 0.4) is 0 Å². The Morgan fingerprint density at radius 3 is 2.36 bits per heavy atom. The number of carboxylic acids is 1. The summed E-state index contributed by atoms with van der Waals surface area (Å²) in [7, 11) is 0. The van der Waals surface area contributed by atoms with Crippen LogP contribution in [0.4, 0.5) is 0 Å². The molecule has 0 spiro atoms. The minimum absolute atomic E-state index is 0.0244. The highest BCUT2D eigenvalue weighted by molar-refractivity contribution is 7.98. The van der Waals surface area contributed by atoms with Crippen molar-refractivity contribution in [3.05, 3.63) is 0 Å². The summed E-state index contributed by atoms with van der Waals surface area (Å²) in [5.74, 6) is -2.91. The van der Waals surface area contributed by atoms with Gasteiger partial charge < -0.3 is 32.1 Å². The van der Waals surface area contributed by atoms with Crippen molar-refractivity contribution in [3.8, 4) is 0 Å². The number of nitrogens with zero attached hydrogens (tertiary/aromatic N) is 1. The molecule has 11 nitrogen and oxygen atoms in total. The Morgan fingerprint density at radius 2 is 1.82 bits per heavy atom. The van der Waals surface area contributed by atoms with Gasteiger partial charge in [0.2, 0.25) is 23.6 Å². The summed E-state index contributed by atoms with van der Waals surface area (Å²) in [6, 6.07) is -3.81. The van der Waals surface area contributed by atoms with E-state index in [1.807, 2.05) is 20.1 Å². The number of amides is 4. The molecular formula is C21H37N5O6S. The normalized spacial score (nSPS) is 19.3. The second kappa shape index (κ2) is 14.0. The number of likely N-dealkylation sites (tertiary alicyclic amines) is 1. The fourth-order valence-corrected chi connectivity index (χ4v) is 4.06. The molecule has 0 aliphatic carbocycles. The van der Waals surface area contributed by atoms with Crippen LogP contribution in [0, 0.1) is 5.92 Å². The average molecular weight is 488 g/mol. The molecule has 0 aromatic heterocycles. The van der Waals surface area contributed by atoms with E-state index in [4.69, 9.17) is 11.5 Å². The van der Waals surface area contributed by atoms with Crippen LogP contribution in [0.5, 0.6) is 0 Å². The summed E-state index contributed by atoms with van der Waals surface area (Å²) < 4.78 is 0. The minimum atomic E-state index is -1.14. The van der Waals surface area contributed by atoms with Crippen LogP contribution in [-0.2, 0) is 24.0 Å². The number of rotatable bonds is 14. The summed E-state index contributed by atoms with van der Waals surface area (Å²) in [6.45, 7) is 3.99. The van der Waals surface area contributed by atoms with Gasteiger partial charge in [-0.3, -0.25) is 19.2 Å². The van der Waals surface area contributed by atoms with E-state index in [0.717, 1.165) is 0 Å². The number of thioether (sulfide) groups is 1. The zero-order valence-corrected chi connectivity index (χ0v) is 20.4. The fourth-order valence-electron chi connectivity index (χ4n) is 3.59. The summed E-state index contributed by atoms with van der Waals surface area (Å²) in [5.41, 5.74) is 11.2. The third-order valence-corrected chi connectivity index (χ3v) is 6.56. The first-order valence-corrected chi connectivity index (χ1v) is 12.6. The first-order valence-electron chi connectivity index (χ1n) is 11.2. The number of aliphatic carboxylic acids is 1. The van der Waals surface area contributed by atoms with Crippen LogP contribution >= 0.6 is 11.8 Å². The molecule has 33 heavy (non-hydrogen) atoms. The average Bonchev–Trinajstić information content (AvgIpc) is 3.27. The van der Waals surface area contributed by atoms with Gasteiger partial charge in [0.05, 0.1) is 6.04 Å². The van der Waals surface area contributed by atoms with Crippen LogP contribution in [0.15, 0.2) is 0 Å². The third kappa shape index (κ3) is 8.84. The van der Waals surface area contributed by atoms with E-state index in [1.165, 1.54) is 16.7 Å². The zero-order chi connectivity index (χ0) is 25.1. The Bertz CT molecular complexity index is 721. The Kier molecular flexibility index (Phi) is 12.2. The van der Waals surface area contributed by atoms with Crippen molar-refractivity contribution in [1.82, 2.24) is 15.5 Å². The molecule has 0 saturated carbocycles.